The summed E-state index contributed by atoms with van der Waals surface area (Å²) >= 11 is 0. The van der Waals surface area contributed by atoms with Crippen molar-refractivity contribution in [3.05, 3.63) is 74.9 Å². The zero-order valence-electron chi connectivity index (χ0n) is 26.9. The predicted molar refractivity (Wildman–Crippen MR) is 173 cm³/mol. The lowest BCUT2D eigenvalue weighted by atomic mass is 9.97. The van der Waals surface area contributed by atoms with Crippen LogP contribution in [0.25, 0.3) is 11.3 Å². The van der Waals surface area contributed by atoms with Crippen molar-refractivity contribution < 1.29 is 14.2 Å². The summed E-state index contributed by atoms with van der Waals surface area (Å²) in [4.78, 5) is 23.7. The number of aromatic nitrogens is 5. The normalized spacial score (nSPS) is 16.3. The lowest BCUT2D eigenvalue weighted by molar-refractivity contribution is -0.0395. The molecule has 45 heavy (non-hydrogen) atoms. The fraction of sp³-hybridized carbons (Fsp3) is 0.471. The minimum atomic E-state index is -0.0796. The molecule has 0 saturated carbocycles. The molecule has 1 fully saturated rings. The van der Waals surface area contributed by atoms with E-state index in [0.717, 1.165) is 71.7 Å². The summed E-state index contributed by atoms with van der Waals surface area (Å²) in [6.07, 6.45) is 6.23. The van der Waals surface area contributed by atoms with Crippen LogP contribution in [0.5, 0.6) is 11.5 Å². The first kappa shape index (κ1) is 30.6. The Labute approximate surface area is 263 Å². The lowest BCUT2D eigenvalue weighted by Gasteiger charge is -2.25. The van der Waals surface area contributed by atoms with E-state index in [1.54, 1.807) is 22.7 Å². The van der Waals surface area contributed by atoms with Gasteiger partial charge in [0, 0.05) is 37.9 Å². The van der Waals surface area contributed by atoms with Gasteiger partial charge in [0.25, 0.3) is 0 Å². The van der Waals surface area contributed by atoms with E-state index in [0.29, 0.717) is 49.8 Å². The monoisotopic (exact) mass is 613 g/mol. The number of rotatable bonds is 10. The summed E-state index contributed by atoms with van der Waals surface area (Å²) in [6, 6.07) is 10.3. The average molecular weight is 614 g/mol. The third-order valence-corrected chi connectivity index (χ3v) is 8.53. The Balaban J connectivity index is 1.34. The molecule has 1 atom stereocenters. The summed E-state index contributed by atoms with van der Waals surface area (Å²) < 4.78 is 22.8. The molecule has 238 valence electrons. The van der Waals surface area contributed by atoms with Gasteiger partial charge in [-0.25, -0.2) is 19.5 Å². The van der Waals surface area contributed by atoms with Crippen LogP contribution in [-0.2, 0) is 24.2 Å². The number of ether oxygens (including phenoxy) is 3. The van der Waals surface area contributed by atoms with Gasteiger partial charge in [-0.2, -0.15) is 0 Å². The number of benzene rings is 2. The van der Waals surface area contributed by atoms with Gasteiger partial charge in [-0.1, -0.05) is 17.7 Å². The summed E-state index contributed by atoms with van der Waals surface area (Å²) in [6.45, 7) is 11.1. The van der Waals surface area contributed by atoms with Crippen LogP contribution in [0.1, 0.15) is 61.1 Å². The van der Waals surface area contributed by atoms with Crippen LogP contribution in [0.2, 0.25) is 0 Å². The second-order valence-corrected chi connectivity index (χ2v) is 11.8. The molecule has 11 heteroatoms. The van der Waals surface area contributed by atoms with Crippen molar-refractivity contribution in [1.82, 2.24) is 23.9 Å². The number of aryl methyl sites for hydroxylation is 4. The highest BCUT2D eigenvalue weighted by molar-refractivity contribution is 5.70. The summed E-state index contributed by atoms with van der Waals surface area (Å²) in [5.74, 6) is 1.92. The Morgan fingerprint density at radius 2 is 1.91 bits per heavy atom. The van der Waals surface area contributed by atoms with Crippen molar-refractivity contribution in [3.8, 4) is 22.8 Å². The summed E-state index contributed by atoms with van der Waals surface area (Å²) in [5.41, 5.74) is 7.68. The fourth-order valence-corrected chi connectivity index (χ4v) is 6.40. The van der Waals surface area contributed by atoms with Crippen molar-refractivity contribution in [1.29, 1.82) is 0 Å². The predicted octanol–water partition coefficient (Wildman–Crippen LogP) is 5.23. The van der Waals surface area contributed by atoms with Crippen LogP contribution < -0.4 is 26.0 Å². The maximum Gasteiger partial charge on any atom is 0.330 e. The Morgan fingerprint density at radius 1 is 1.09 bits per heavy atom. The standard InChI is InChI=1S/C34H43N7O4/c1-6-44-29-18-25-11-14-39-27(26(25)19-28(29)43-5)20-30(37-32-23(3)16-22(2)17-24(32)4)40(34(39)42)13-9-12-35-33-36-21-41(38-33)31-10-7-8-15-45-31/h16-21,31H,6-15H2,1-5H3,(H,35,38)/b37-30+. The number of nitrogens with zero attached hydrogens (tertiary/aromatic N) is 6. The topological polar surface area (TPSA) is 110 Å². The Kier molecular flexibility index (Phi) is 9.07. The first-order chi connectivity index (χ1) is 21.9. The molecule has 1 unspecified atom stereocenters. The first-order valence-electron chi connectivity index (χ1n) is 15.9. The van der Waals surface area contributed by atoms with E-state index in [2.05, 4.69) is 48.3 Å². The molecular weight excluding hydrogens is 570 g/mol. The average Bonchev–Trinajstić information content (AvgIpc) is 3.51. The van der Waals surface area contributed by atoms with E-state index in [4.69, 9.17) is 19.2 Å². The highest BCUT2D eigenvalue weighted by atomic mass is 16.5. The number of hydrogen-bond donors (Lipinski definition) is 1. The maximum atomic E-state index is 14.2. The SMILES string of the molecule is CCOc1cc2c(cc1OC)-c1c/c(=N\c3c(C)cc(C)cc3C)n(CCCNc3ncn(C4CCCCO4)n3)c(=O)n1CC2. The molecule has 1 N–H and O–H groups in total. The third kappa shape index (κ3) is 6.40. The fourth-order valence-electron chi connectivity index (χ4n) is 6.40. The molecule has 4 aromatic rings. The second-order valence-electron chi connectivity index (χ2n) is 11.8. The van der Waals surface area contributed by atoms with E-state index < -0.39 is 0 Å². The minimum Gasteiger partial charge on any atom is -0.493 e. The third-order valence-electron chi connectivity index (χ3n) is 8.53. The van der Waals surface area contributed by atoms with E-state index in [9.17, 15) is 4.79 Å². The largest absolute Gasteiger partial charge is 0.493 e. The van der Waals surface area contributed by atoms with Crippen molar-refractivity contribution >= 4 is 11.6 Å². The van der Waals surface area contributed by atoms with Crippen LogP contribution in [0, 0.1) is 20.8 Å². The smallest absolute Gasteiger partial charge is 0.330 e. The van der Waals surface area contributed by atoms with Gasteiger partial charge in [0.2, 0.25) is 5.95 Å². The van der Waals surface area contributed by atoms with Gasteiger partial charge in [0.05, 0.1) is 25.1 Å². The molecular formula is C34H43N7O4. The van der Waals surface area contributed by atoms with E-state index in [1.807, 2.05) is 29.7 Å². The molecule has 2 aromatic carbocycles. The molecule has 2 aromatic heterocycles. The molecule has 0 bridgehead atoms. The van der Waals surface area contributed by atoms with E-state index in [1.165, 1.54) is 5.56 Å². The molecule has 4 heterocycles. The Morgan fingerprint density at radius 3 is 2.64 bits per heavy atom. The number of methoxy groups -OCH3 is 1. The number of anilines is 1. The molecule has 2 aliphatic rings. The van der Waals surface area contributed by atoms with Crippen LogP contribution in [0.4, 0.5) is 11.6 Å². The molecule has 0 amide bonds. The van der Waals surface area contributed by atoms with Crippen molar-refractivity contribution in [2.45, 2.75) is 79.1 Å². The number of hydrogen-bond acceptors (Lipinski definition) is 8. The molecule has 1 saturated heterocycles. The van der Waals surface area contributed by atoms with E-state index >= 15 is 0 Å². The van der Waals surface area contributed by atoms with Gasteiger partial charge >= 0.3 is 5.69 Å². The van der Waals surface area contributed by atoms with Gasteiger partial charge in [0.1, 0.15) is 11.8 Å². The molecule has 6 rings (SSSR count). The van der Waals surface area contributed by atoms with Gasteiger partial charge in [0.15, 0.2) is 17.7 Å². The summed E-state index contributed by atoms with van der Waals surface area (Å²) in [5, 5.41) is 7.88. The van der Waals surface area contributed by atoms with E-state index in [-0.39, 0.29) is 11.9 Å². The van der Waals surface area contributed by atoms with Gasteiger partial charge < -0.3 is 19.5 Å². The van der Waals surface area contributed by atoms with Gasteiger partial charge in [-0.3, -0.25) is 9.13 Å². The summed E-state index contributed by atoms with van der Waals surface area (Å²) in [7, 11) is 1.64. The second kappa shape index (κ2) is 13.3. The molecule has 0 radical (unpaired) electrons. The van der Waals surface area contributed by atoms with Crippen molar-refractivity contribution in [3.63, 3.8) is 0 Å². The zero-order valence-corrected chi connectivity index (χ0v) is 26.9. The van der Waals surface area contributed by atoms with Gasteiger partial charge in [-0.15, -0.1) is 5.10 Å². The lowest BCUT2D eigenvalue weighted by Crippen LogP contribution is -2.42. The Bertz CT molecular complexity index is 1790. The highest BCUT2D eigenvalue weighted by Crippen LogP contribution is 2.38. The molecule has 0 spiro atoms. The maximum absolute atomic E-state index is 14.2. The zero-order chi connectivity index (χ0) is 31.5. The minimum absolute atomic E-state index is 0.0541. The number of fused-ring (bicyclic) bond motifs is 3. The van der Waals surface area contributed by atoms with Gasteiger partial charge in [-0.05, 0) is 88.6 Å². The van der Waals surface area contributed by atoms with Crippen LogP contribution in [-0.4, -0.2) is 50.8 Å². The highest BCUT2D eigenvalue weighted by Gasteiger charge is 2.23. The first-order valence-corrected chi connectivity index (χ1v) is 15.9. The van der Waals surface area contributed by atoms with Crippen molar-refractivity contribution in [2.75, 3.05) is 32.2 Å². The van der Waals surface area contributed by atoms with Crippen LogP contribution in [0.3, 0.4) is 0 Å². The molecule has 0 aliphatic carbocycles. The van der Waals surface area contributed by atoms with Crippen molar-refractivity contribution in [2.24, 2.45) is 4.99 Å². The Hall–Kier alpha value is -4.38. The van der Waals surface area contributed by atoms with Crippen LogP contribution >= 0.6 is 0 Å². The quantitative estimate of drug-likeness (QED) is 0.244. The number of nitrogens with one attached hydrogen (secondary N) is 1. The molecule has 11 nitrogen and oxygen atoms in total. The van der Waals surface area contributed by atoms with Crippen LogP contribution in [0.15, 0.2) is 46.4 Å². The molecule has 2 aliphatic heterocycles.